The van der Waals surface area contributed by atoms with Crippen molar-refractivity contribution < 1.29 is 23.9 Å². The van der Waals surface area contributed by atoms with Crippen LogP contribution in [0.25, 0.3) is 0 Å². The number of hydrogen-bond acceptors (Lipinski definition) is 4. The zero-order valence-electron chi connectivity index (χ0n) is 16.7. The highest BCUT2D eigenvalue weighted by atomic mass is 16.6. The number of nitrogens with zero attached hydrogens (tertiary/aromatic N) is 1. The first-order chi connectivity index (χ1) is 13.9. The molecule has 2 aromatic carbocycles. The molecule has 1 unspecified atom stereocenters. The number of piperidine rings is 2. The lowest BCUT2D eigenvalue weighted by molar-refractivity contribution is -0.937. The van der Waals surface area contributed by atoms with E-state index in [0.29, 0.717) is 34.7 Å². The minimum absolute atomic E-state index is 0.136. The van der Waals surface area contributed by atoms with Crippen LogP contribution in [-0.2, 0) is 15.1 Å². The molecule has 0 amide bonds. The summed E-state index contributed by atoms with van der Waals surface area (Å²) < 4.78 is 13.0. The highest BCUT2D eigenvalue weighted by molar-refractivity contribution is 5.88. The van der Waals surface area contributed by atoms with Crippen molar-refractivity contribution in [1.29, 1.82) is 0 Å². The van der Waals surface area contributed by atoms with Crippen LogP contribution in [-0.4, -0.2) is 47.8 Å². The molecule has 5 atom stereocenters. The molecule has 29 heavy (non-hydrogen) atoms. The molecule has 0 aromatic heterocycles. The van der Waals surface area contributed by atoms with Crippen LogP contribution in [0, 0.1) is 11.8 Å². The fourth-order valence-electron chi connectivity index (χ4n) is 6.41. The number of ether oxygens (including phenoxy) is 2. The molecule has 5 nitrogen and oxygen atoms in total. The number of fused-ring (bicyclic) bond motifs is 7. The van der Waals surface area contributed by atoms with Gasteiger partial charge in [0.1, 0.15) is 17.6 Å². The van der Waals surface area contributed by atoms with Crippen LogP contribution in [0.3, 0.4) is 0 Å². The first-order valence-electron chi connectivity index (χ1n) is 10.5. The minimum atomic E-state index is -1.85. The van der Waals surface area contributed by atoms with E-state index in [1.165, 1.54) is 6.42 Å². The van der Waals surface area contributed by atoms with Crippen LogP contribution in [0.5, 0.6) is 11.5 Å². The highest BCUT2D eigenvalue weighted by Gasteiger charge is 2.68. The number of carbonyl (C=O) groups excluding carboxylic acids is 1. The Balaban J connectivity index is 1.34. The molecule has 3 heterocycles. The van der Waals surface area contributed by atoms with Crippen molar-refractivity contribution in [1.82, 2.24) is 0 Å². The van der Waals surface area contributed by atoms with Gasteiger partial charge in [0.05, 0.1) is 26.2 Å². The number of esters is 1. The van der Waals surface area contributed by atoms with Crippen LogP contribution in [0.1, 0.15) is 30.4 Å². The fraction of sp³-hybridized carbons (Fsp3) is 0.458. The Bertz CT molecular complexity index is 950. The molecule has 0 spiro atoms. The van der Waals surface area contributed by atoms with E-state index in [0.717, 1.165) is 29.2 Å². The van der Waals surface area contributed by atoms with Crippen molar-refractivity contribution in [3.63, 3.8) is 0 Å². The van der Waals surface area contributed by atoms with Crippen molar-refractivity contribution in [2.24, 2.45) is 11.8 Å². The summed E-state index contributed by atoms with van der Waals surface area (Å²) in [7, 11) is 4.63. The van der Waals surface area contributed by atoms with E-state index in [1.54, 1.807) is 24.3 Å². The maximum absolute atomic E-state index is 13.5. The standard InChI is InChI=1S/C24H26NO4/c1-25(2)19-11-14(12-20(25)16-13-15(16)19)28-23(26)24(27)17-7-3-5-9-21(17)29-22-10-6-4-8-18(22)24/h3-10,14-16,19-20,27H,11-13H2,1-2H3/q+1/t14?,15-,16+,19-,20+. The predicted octanol–water partition coefficient (Wildman–Crippen LogP) is 3.20. The Morgan fingerprint density at radius 2 is 1.48 bits per heavy atom. The lowest BCUT2D eigenvalue weighted by atomic mass is 9.83. The quantitative estimate of drug-likeness (QED) is 0.630. The molecule has 1 saturated carbocycles. The Morgan fingerprint density at radius 3 is 2.03 bits per heavy atom. The number of quaternary nitrogens is 1. The third-order valence-electron chi connectivity index (χ3n) is 7.94. The minimum Gasteiger partial charge on any atom is -0.459 e. The third-order valence-corrected chi connectivity index (χ3v) is 7.94. The van der Waals surface area contributed by atoms with Crippen LogP contribution in [0.4, 0.5) is 0 Å². The second-order valence-electron chi connectivity index (χ2n) is 9.63. The predicted molar refractivity (Wildman–Crippen MR) is 106 cm³/mol. The van der Waals surface area contributed by atoms with Gasteiger partial charge in [0.2, 0.25) is 5.60 Å². The smallest absolute Gasteiger partial charge is 0.348 e. The number of hydrogen-bond donors (Lipinski definition) is 1. The van der Waals surface area contributed by atoms with Crippen molar-refractivity contribution in [3.8, 4) is 11.5 Å². The summed E-state index contributed by atoms with van der Waals surface area (Å²) in [5.74, 6) is 1.96. The molecule has 3 aliphatic heterocycles. The summed E-state index contributed by atoms with van der Waals surface area (Å²) in [6.45, 7) is 0. The molecular formula is C24H26NO4+. The fourth-order valence-corrected chi connectivity index (χ4v) is 6.41. The van der Waals surface area contributed by atoms with Gasteiger partial charge in [-0.15, -0.1) is 0 Å². The van der Waals surface area contributed by atoms with Gasteiger partial charge in [-0.05, 0) is 18.6 Å². The monoisotopic (exact) mass is 392 g/mol. The summed E-state index contributed by atoms with van der Waals surface area (Å²) in [5, 5.41) is 11.7. The van der Waals surface area contributed by atoms with Crippen molar-refractivity contribution in [2.75, 3.05) is 14.1 Å². The van der Waals surface area contributed by atoms with E-state index in [9.17, 15) is 9.90 Å². The lowest BCUT2D eigenvalue weighted by Crippen LogP contribution is -2.59. The van der Waals surface area contributed by atoms with Gasteiger partial charge in [-0.25, -0.2) is 4.79 Å². The first kappa shape index (κ1) is 17.5. The molecule has 2 saturated heterocycles. The van der Waals surface area contributed by atoms with E-state index >= 15 is 0 Å². The average Bonchev–Trinajstić information content (AvgIpc) is 3.46. The largest absolute Gasteiger partial charge is 0.459 e. The molecule has 0 radical (unpaired) electrons. The Kier molecular flexibility index (Phi) is 3.38. The molecule has 4 aliphatic rings. The number of rotatable bonds is 2. The van der Waals surface area contributed by atoms with Crippen molar-refractivity contribution in [2.45, 2.75) is 43.1 Å². The summed E-state index contributed by atoms with van der Waals surface area (Å²) in [5.41, 5.74) is -0.960. The molecule has 3 fully saturated rings. The van der Waals surface area contributed by atoms with Gasteiger partial charge < -0.3 is 19.1 Å². The Labute approximate surface area is 170 Å². The number of carbonyl (C=O) groups is 1. The van der Waals surface area contributed by atoms with E-state index in [1.807, 2.05) is 24.3 Å². The van der Waals surface area contributed by atoms with Gasteiger partial charge in [-0.3, -0.25) is 0 Å². The number of benzene rings is 2. The molecule has 1 N–H and O–H groups in total. The molecule has 5 heteroatoms. The van der Waals surface area contributed by atoms with Crippen LogP contribution < -0.4 is 4.74 Å². The summed E-state index contributed by atoms with van der Waals surface area (Å²) in [6, 6.07) is 15.4. The normalized spacial score (nSPS) is 34.2. The van der Waals surface area contributed by atoms with Crippen LogP contribution in [0.2, 0.25) is 0 Å². The van der Waals surface area contributed by atoms with Crippen molar-refractivity contribution in [3.05, 3.63) is 59.7 Å². The number of para-hydroxylation sites is 2. The van der Waals surface area contributed by atoms with Crippen molar-refractivity contribution >= 4 is 5.97 Å². The van der Waals surface area contributed by atoms with E-state index in [4.69, 9.17) is 9.47 Å². The third kappa shape index (κ3) is 2.26. The first-order valence-corrected chi connectivity index (χ1v) is 10.5. The lowest BCUT2D eigenvalue weighted by Gasteiger charge is -2.46. The molecule has 2 aromatic rings. The highest BCUT2D eigenvalue weighted by Crippen LogP contribution is 2.61. The molecule has 150 valence electrons. The topological polar surface area (TPSA) is 55.8 Å². The molecule has 2 bridgehead atoms. The van der Waals surface area contributed by atoms with E-state index in [2.05, 4.69) is 14.1 Å². The zero-order chi connectivity index (χ0) is 20.0. The van der Waals surface area contributed by atoms with E-state index < -0.39 is 11.6 Å². The van der Waals surface area contributed by atoms with Gasteiger partial charge >= 0.3 is 5.97 Å². The maximum atomic E-state index is 13.5. The van der Waals surface area contributed by atoms with Crippen LogP contribution in [0.15, 0.2) is 48.5 Å². The maximum Gasteiger partial charge on any atom is 0.348 e. The zero-order valence-corrected chi connectivity index (χ0v) is 16.7. The Morgan fingerprint density at radius 1 is 0.966 bits per heavy atom. The second kappa shape index (κ2) is 5.61. The molecule has 1 aliphatic carbocycles. The van der Waals surface area contributed by atoms with Gasteiger partial charge in [0, 0.05) is 35.8 Å². The molecule has 6 rings (SSSR count). The number of aliphatic hydroxyl groups is 1. The van der Waals surface area contributed by atoms with Crippen LogP contribution >= 0.6 is 0 Å². The summed E-state index contributed by atoms with van der Waals surface area (Å²) >= 11 is 0. The summed E-state index contributed by atoms with van der Waals surface area (Å²) in [4.78, 5) is 13.5. The summed E-state index contributed by atoms with van der Waals surface area (Å²) in [6.07, 6.45) is 2.96. The van der Waals surface area contributed by atoms with Gasteiger partial charge in [-0.2, -0.15) is 0 Å². The SMILES string of the molecule is C[N+]1(C)[C@@H]2CC(OC(=O)C3(O)c4ccccc4Oc4ccccc43)C[C@H]1[C@H]1C[C@H]12. The average molecular weight is 392 g/mol. The van der Waals surface area contributed by atoms with E-state index in [-0.39, 0.29) is 6.10 Å². The van der Waals surface area contributed by atoms with Gasteiger partial charge in [0.15, 0.2) is 0 Å². The van der Waals surface area contributed by atoms with Gasteiger partial charge in [-0.1, -0.05) is 36.4 Å². The van der Waals surface area contributed by atoms with Gasteiger partial charge in [0.25, 0.3) is 0 Å². The second-order valence-corrected chi connectivity index (χ2v) is 9.63. The molecular weight excluding hydrogens is 366 g/mol. The Hall–Kier alpha value is -2.37.